The van der Waals surface area contributed by atoms with Crippen molar-refractivity contribution >= 4 is 11.9 Å². The van der Waals surface area contributed by atoms with Crippen molar-refractivity contribution in [2.75, 3.05) is 39.3 Å². The minimum atomic E-state index is -0.183. The van der Waals surface area contributed by atoms with Crippen LogP contribution in [0.1, 0.15) is 15.9 Å². The summed E-state index contributed by atoms with van der Waals surface area (Å²) in [6.45, 7) is 5.01. The lowest BCUT2D eigenvalue weighted by Crippen LogP contribution is -2.36. The number of hydrogen-bond donors (Lipinski definition) is 3. The fraction of sp³-hybridized carbons (Fsp3) is 0.467. The fourth-order valence-corrected chi connectivity index (χ4v) is 2.20. The second kappa shape index (κ2) is 7.65. The predicted molar refractivity (Wildman–Crippen MR) is 83.0 cm³/mol. The van der Waals surface area contributed by atoms with Gasteiger partial charge < -0.3 is 26.0 Å². The molecule has 7 heteroatoms. The van der Waals surface area contributed by atoms with Crippen LogP contribution in [-0.4, -0.2) is 56.2 Å². The lowest BCUT2D eigenvalue weighted by atomic mass is 10.1. The molecule has 2 rings (SSSR count). The minimum Gasteiger partial charge on any atom is -0.492 e. The maximum atomic E-state index is 12.1. The fourth-order valence-electron chi connectivity index (χ4n) is 2.20. The first-order valence-electron chi connectivity index (χ1n) is 7.36. The Labute approximate surface area is 129 Å². The quantitative estimate of drug-likeness (QED) is 0.665. The Morgan fingerprint density at radius 1 is 1.50 bits per heavy atom. The maximum absolute atomic E-state index is 12.1. The van der Waals surface area contributed by atoms with Crippen molar-refractivity contribution in [3.8, 4) is 5.75 Å². The normalized spacial score (nSPS) is 13.9. The van der Waals surface area contributed by atoms with Gasteiger partial charge in [-0.3, -0.25) is 4.79 Å². The van der Waals surface area contributed by atoms with Crippen LogP contribution in [0.4, 0.5) is 4.79 Å². The van der Waals surface area contributed by atoms with Gasteiger partial charge in [-0.25, -0.2) is 4.79 Å². The summed E-state index contributed by atoms with van der Waals surface area (Å²) in [5, 5.41) is 5.53. The molecule has 0 aromatic heterocycles. The van der Waals surface area contributed by atoms with Crippen LogP contribution in [0.2, 0.25) is 0 Å². The minimum absolute atomic E-state index is 0.0814. The monoisotopic (exact) mass is 306 g/mol. The highest BCUT2D eigenvalue weighted by Crippen LogP contribution is 2.19. The highest BCUT2D eigenvalue weighted by atomic mass is 16.5. The number of nitrogens with one attached hydrogen (secondary N) is 2. The Balaban J connectivity index is 1.87. The molecule has 0 spiro atoms. The van der Waals surface area contributed by atoms with Crippen LogP contribution < -0.4 is 21.1 Å². The molecule has 0 unspecified atom stereocenters. The molecule has 1 saturated heterocycles. The molecular weight excluding hydrogens is 284 g/mol. The van der Waals surface area contributed by atoms with Gasteiger partial charge in [-0.15, -0.1) is 0 Å². The number of urea groups is 1. The number of amides is 3. The summed E-state index contributed by atoms with van der Waals surface area (Å²) < 4.78 is 5.51. The standard InChI is InChI=1S/C15H22N4O3/c1-11-2-3-12(10-13(11)22-9-4-16)14(20)17-5-7-19-8-6-18-15(19)21/h2-3,10H,4-9,16H2,1H3,(H,17,20)(H,18,21). The zero-order valence-electron chi connectivity index (χ0n) is 12.7. The van der Waals surface area contributed by atoms with E-state index in [4.69, 9.17) is 10.5 Å². The summed E-state index contributed by atoms with van der Waals surface area (Å²) in [6.07, 6.45) is 0. The van der Waals surface area contributed by atoms with Gasteiger partial charge in [-0.1, -0.05) is 6.07 Å². The summed E-state index contributed by atoms with van der Waals surface area (Å²) in [6, 6.07) is 5.22. The smallest absolute Gasteiger partial charge is 0.317 e. The maximum Gasteiger partial charge on any atom is 0.317 e. The van der Waals surface area contributed by atoms with Crippen LogP contribution in [0, 0.1) is 6.92 Å². The number of rotatable bonds is 7. The Morgan fingerprint density at radius 3 is 3.00 bits per heavy atom. The number of nitrogens with zero attached hydrogens (tertiary/aromatic N) is 1. The topological polar surface area (TPSA) is 96.7 Å². The van der Waals surface area contributed by atoms with Gasteiger partial charge in [-0.2, -0.15) is 0 Å². The van der Waals surface area contributed by atoms with E-state index < -0.39 is 0 Å². The number of carbonyl (C=O) groups is 2. The molecular formula is C15H22N4O3. The van der Waals surface area contributed by atoms with Gasteiger partial charge in [0.2, 0.25) is 0 Å². The van der Waals surface area contributed by atoms with E-state index in [-0.39, 0.29) is 11.9 Å². The van der Waals surface area contributed by atoms with Gasteiger partial charge in [0.15, 0.2) is 0 Å². The molecule has 3 amide bonds. The van der Waals surface area contributed by atoms with E-state index in [1.54, 1.807) is 17.0 Å². The Morgan fingerprint density at radius 2 is 2.32 bits per heavy atom. The SMILES string of the molecule is Cc1ccc(C(=O)NCCN2CCNC2=O)cc1OCCN. The Kier molecular flexibility index (Phi) is 5.60. The lowest BCUT2D eigenvalue weighted by Gasteiger charge is -2.15. The Hall–Kier alpha value is -2.28. The highest BCUT2D eigenvalue weighted by Gasteiger charge is 2.18. The van der Waals surface area contributed by atoms with Crippen LogP contribution in [0.3, 0.4) is 0 Å². The lowest BCUT2D eigenvalue weighted by molar-refractivity contribution is 0.0950. The van der Waals surface area contributed by atoms with E-state index in [1.807, 2.05) is 13.0 Å². The van der Waals surface area contributed by atoms with Crippen molar-refractivity contribution in [3.05, 3.63) is 29.3 Å². The van der Waals surface area contributed by atoms with E-state index in [1.165, 1.54) is 0 Å². The van der Waals surface area contributed by atoms with Crippen molar-refractivity contribution in [2.24, 2.45) is 5.73 Å². The van der Waals surface area contributed by atoms with Crippen LogP contribution in [0.25, 0.3) is 0 Å². The zero-order chi connectivity index (χ0) is 15.9. The van der Waals surface area contributed by atoms with Crippen molar-refractivity contribution in [2.45, 2.75) is 6.92 Å². The van der Waals surface area contributed by atoms with Gasteiger partial charge in [0, 0.05) is 38.3 Å². The largest absolute Gasteiger partial charge is 0.492 e. The first-order valence-corrected chi connectivity index (χ1v) is 7.36. The summed E-state index contributed by atoms with van der Waals surface area (Å²) in [5.74, 6) is 0.481. The molecule has 1 aliphatic heterocycles. The predicted octanol–water partition coefficient (Wildman–Crippen LogP) is 0.0875. The van der Waals surface area contributed by atoms with Crippen molar-refractivity contribution in [3.63, 3.8) is 0 Å². The molecule has 0 atom stereocenters. The second-order valence-corrected chi connectivity index (χ2v) is 5.09. The third kappa shape index (κ3) is 4.11. The van der Waals surface area contributed by atoms with Crippen LogP contribution >= 0.6 is 0 Å². The summed E-state index contributed by atoms with van der Waals surface area (Å²) in [7, 11) is 0. The molecule has 1 fully saturated rings. The first-order chi connectivity index (χ1) is 10.6. The average molecular weight is 306 g/mol. The van der Waals surface area contributed by atoms with Crippen LogP contribution in [-0.2, 0) is 0 Å². The van der Waals surface area contributed by atoms with Crippen molar-refractivity contribution < 1.29 is 14.3 Å². The number of nitrogens with two attached hydrogens (primary N) is 1. The molecule has 1 aromatic rings. The first kappa shape index (κ1) is 16.1. The van der Waals surface area contributed by atoms with Gasteiger partial charge in [0.25, 0.3) is 5.91 Å². The molecule has 120 valence electrons. The van der Waals surface area contributed by atoms with Gasteiger partial charge in [0.05, 0.1) is 0 Å². The molecule has 7 nitrogen and oxygen atoms in total. The van der Waals surface area contributed by atoms with E-state index >= 15 is 0 Å². The molecule has 22 heavy (non-hydrogen) atoms. The molecule has 0 saturated carbocycles. The average Bonchev–Trinajstić information content (AvgIpc) is 2.91. The van der Waals surface area contributed by atoms with E-state index in [2.05, 4.69) is 10.6 Å². The van der Waals surface area contributed by atoms with Gasteiger partial charge in [0.1, 0.15) is 12.4 Å². The number of ether oxygens (including phenoxy) is 1. The van der Waals surface area contributed by atoms with Gasteiger partial charge >= 0.3 is 6.03 Å². The molecule has 0 aliphatic carbocycles. The van der Waals surface area contributed by atoms with Crippen molar-refractivity contribution in [1.29, 1.82) is 0 Å². The van der Waals surface area contributed by atoms with Crippen LogP contribution in [0.15, 0.2) is 18.2 Å². The van der Waals surface area contributed by atoms with E-state index in [9.17, 15) is 9.59 Å². The molecule has 1 heterocycles. The number of aryl methyl sites for hydroxylation is 1. The summed E-state index contributed by atoms with van der Waals surface area (Å²) in [4.78, 5) is 25.2. The second-order valence-electron chi connectivity index (χ2n) is 5.09. The molecule has 1 aromatic carbocycles. The summed E-state index contributed by atoms with van der Waals surface area (Å²) >= 11 is 0. The molecule has 0 radical (unpaired) electrons. The van der Waals surface area contributed by atoms with Gasteiger partial charge in [-0.05, 0) is 24.6 Å². The third-order valence-corrected chi connectivity index (χ3v) is 3.44. The third-order valence-electron chi connectivity index (χ3n) is 3.44. The van der Waals surface area contributed by atoms with Crippen molar-refractivity contribution in [1.82, 2.24) is 15.5 Å². The number of hydrogen-bond acceptors (Lipinski definition) is 4. The van der Waals surface area contributed by atoms with E-state index in [0.29, 0.717) is 50.6 Å². The van der Waals surface area contributed by atoms with E-state index in [0.717, 1.165) is 5.56 Å². The molecule has 4 N–H and O–H groups in total. The number of carbonyl (C=O) groups excluding carboxylic acids is 2. The highest BCUT2D eigenvalue weighted by molar-refractivity contribution is 5.94. The Bertz CT molecular complexity index is 548. The molecule has 1 aliphatic rings. The molecule has 0 bridgehead atoms. The summed E-state index contributed by atoms with van der Waals surface area (Å²) in [5.41, 5.74) is 6.91. The number of benzene rings is 1. The van der Waals surface area contributed by atoms with Crippen LogP contribution in [0.5, 0.6) is 5.75 Å². The zero-order valence-corrected chi connectivity index (χ0v) is 12.7.